The van der Waals surface area contributed by atoms with Crippen molar-refractivity contribution < 1.29 is 29.0 Å². The van der Waals surface area contributed by atoms with E-state index in [0.29, 0.717) is 11.3 Å². The second-order valence-electron chi connectivity index (χ2n) is 5.21. The lowest BCUT2D eigenvalue weighted by Gasteiger charge is -2.20. The van der Waals surface area contributed by atoms with Crippen LogP contribution >= 0.6 is 0 Å². The first kappa shape index (κ1) is 16.8. The van der Waals surface area contributed by atoms with Crippen LogP contribution in [0.1, 0.15) is 32.4 Å². The Balaban J connectivity index is 2.70. The summed E-state index contributed by atoms with van der Waals surface area (Å²) in [5, 5.41) is 9.15. The van der Waals surface area contributed by atoms with Gasteiger partial charge in [0.05, 0.1) is 7.11 Å². The summed E-state index contributed by atoms with van der Waals surface area (Å²) in [5.74, 6) is -0.654. The third-order valence-corrected chi connectivity index (χ3v) is 2.30. The summed E-state index contributed by atoms with van der Waals surface area (Å²) in [4.78, 5) is 27.6. The van der Waals surface area contributed by atoms with Gasteiger partial charge in [0.2, 0.25) is 6.10 Å². The van der Waals surface area contributed by atoms with Gasteiger partial charge >= 0.3 is 12.1 Å². The number of aliphatic carboxylic acids is 1. The zero-order valence-corrected chi connectivity index (χ0v) is 12.4. The van der Waals surface area contributed by atoms with Crippen molar-refractivity contribution in [3.8, 4) is 5.75 Å². The molecular formula is C14H19NO6. The van der Waals surface area contributed by atoms with Crippen molar-refractivity contribution in [2.75, 3.05) is 7.11 Å². The van der Waals surface area contributed by atoms with E-state index in [0.717, 1.165) is 0 Å². The summed E-state index contributed by atoms with van der Waals surface area (Å²) in [6.45, 7) is 5.06. The highest BCUT2D eigenvalue weighted by molar-refractivity contribution is 5.75. The van der Waals surface area contributed by atoms with Crippen LogP contribution in [0.4, 0.5) is 4.79 Å². The molecule has 1 rings (SSSR count). The predicted octanol–water partition coefficient (Wildman–Crippen LogP) is 2.28. The SMILES string of the molecule is COc1ccc(C(ONC(=O)OC(C)(C)C)C(=O)O)cc1. The molecule has 0 aliphatic rings. The minimum Gasteiger partial charge on any atom is -0.497 e. The van der Waals surface area contributed by atoms with E-state index in [2.05, 4.69) is 0 Å². The number of methoxy groups -OCH3 is 1. The van der Waals surface area contributed by atoms with Gasteiger partial charge in [-0.25, -0.2) is 9.59 Å². The number of carboxylic acids is 1. The first-order valence-corrected chi connectivity index (χ1v) is 6.24. The highest BCUT2D eigenvalue weighted by atomic mass is 16.7. The minimum absolute atomic E-state index is 0.361. The fourth-order valence-corrected chi connectivity index (χ4v) is 1.45. The molecule has 1 aromatic carbocycles. The van der Waals surface area contributed by atoms with Gasteiger partial charge in [-0.2, -0.15) is 5.48 Å². The Bertz CT molecular complexity index is 491. The van der Waals surface area contributed by atoms with Gasteiger partial charge in [-0.15, -0.1) is 0 Å². The molecule has 0 bridgehead atoms. The van der Waals surface area contributed by atoms with Crippen molar-refractivity contribution in [3.05, 3.63) is 29.8 Å². The molecule has 1 unspecified atom stereocenters. The summed E-state index contributed by atoms with van der Waals surface area (Å²) in [7, 11) is 1.50. The van der Waals surface area contributed by atoms with Crippen LogP contribution in [0.3, 0.4) is 0 Å². The Morgan fingerprint density at radius 3 is 2.19 bits per heavy atom. The van der Waals surface area contributed by atoms with Gasteiger partial charge in [-0.3, -0.25) is 4.84 Å². The number of rotatable bonds is 5. The standard InChI is InChI=1S/C14H19NO6/c1-14(2,3)20-13(18)15-21-11(12(16)17)9-5-7-10(19-4)8-6-9/h5-8,11H,1-4H3,(H,15,18)(H,16,17). The van der Waals surface area contributed by atoms with Crippen molar-refractivity contribution in [3.63, 3.8) is 0 Å². The van der Waals surface area contributed by atoms with Gasteiger partial charge in [0.1, 0.15) is 11.4 Å². The number of carboxylic acid groups (broad SMARTS) is 1. The Hall–Kier alpha value is -2.28. The maximum Gasteiger partial charge on any atom is 0.431 e. The number of carbonyl (C=O) groups is 2. The monoisotopic (exact) mass is 297 g/mol. The molecule has 0 heterocycles. The molecule has 0 aliphatic carbocycles. The van der Waals surface area contributed by atoms with Crippen molar-refractivity contribution >= 4 is 12.1 Å². The van der Waals surface area contributed by atoms with Crippen LogP contribution < -0.4 is 10.2 Å². The fourth-order valence-electron chi connectivity index (χ4n) is 1.45. The van der Waals surface area contributed by atoms with Crippen LogP contribution in [-0.4, -0.2) is 29.9 Å². The van der Waals surface area contributed by atoms with E-state index >= 15 is 0 Å². The maximum absolute atomic E-state index is 11.4. The van der Waals surface area contributed by atoms with Crippen molar-refractivity contribution in [1.29, 1.82) is 0 Å². The van der Waals surface area contributed by atoms with E-state index in [9.17, 15) is 9.59 Å². The number of hydrogen-bond donors (Lipinski definition) is 2. The molecule has 21 heavy (non-hydrogen) atoms. The summed E-state index contributed by atoms with van der Waals surface area (Å²) in [6.07, 6.45) is -2.20. The van der Waals surface area contributed by atoms with Crippen LogP contribution in [0.5, 0.6) is 5.75 Å². The number of nitrogens with one attached hydrogen (secondary N) is 1. The first-order valence-electron chi connectivity index (χ1n) is 6.24. The average Bonchev–Trinajstić information content (AvgIpc) is 2.37. The number of benzene rings is 1. The molecule has 116 valence electrons. The second-order valence-corrected chi connectivity index (χ2v) is 5.21. The molecule has 0 saturated heterocycles. The number of hydroxylamine groups is 1. The van der Waals surface area contributed by atoms with Gasteiger partial charge < -0.3 is 14.6 Å². The van der Waals surface area contributed by atoms with Gasteiger partial charge in [0.15, 0.2) is 0 Å². The summed E-state index contributed by atoms with van der Waals surface area (Å²) in [6, 6.07) is 6.27. The predicted molar refractivity (Wildman–Crippen MR) is 73.8 cm³/mol. The van der Waals surface area contributed by atoms with E-state index in [1.807, 2.05) is 5.48 Å². The summed E-state index contributed by atoms with van der Waals surface area (Å²) >= 11 is 0. The van der Waals surface area contributed by atoms with E-state index in [-0.39, 0.29) is 0 Å². The molecule has 0 radical (unpaired) electrons. The zero-order valence-electron chi connectivity index (χ0n) is 12.4. The second kappa shape index (κ2) is 6.94. The van der Waals surface area contributed by atoms with Crippen LogP contribution in [0, 0.1) is 0 Å². The Labute approximate surface area is 122 Å². The number of amides is 1. The first-order chi connectivity index (χ1) is 9.73. The van der Waals surface area contributed by atoms with Gasteiger partial charge in [0, 0.05) is 0 Å². The molecule has 7 heteroatoms. The Morgan fingerprint density at radius 1 is 1.19 bits per heavy atom. The molecule has 1 atom stereocenters. The van der Waals surface area contributed by atoms with Crippen molar-refractivity contribution in [2.24, 2.45) is 0 Å². The van der Waals surface area contributed by atoms with E-state index in [1.165, 1.54) is 19.2 Å². The summed E-state index contributed by atoms with van der Waals surface area (Å²) in [5.41, 5.74) is 1.63. The van der Waals surface area contributed by atoms with Crippen molar-refractivity contribution in [1.82, 2.24) is 5.48 Å². The molecule has 1 aromatic rings. The molecule has 1 amide bonds. The van der Waals surface area contributed by atoms with Gasteiger partial charge in [-0.05, 0) is 38.5 Å². The highest BCUT2D eigenvalue weighted by Crippen LogP contribution is 2.20. The maximum atomic E-state index is 11.4. The lowest BCUT2D eigenvalue weighted by Crippen LogP contribution is -2.34. The molecule has 0 fully saturated rings. The number of hydrogen-bond acceptors (Lipinski definition) is 5. The van der Waals surface area contributed by atoms with Gasteiger partial charge in [-0.1, -0.05) is 12.1 Å². The molecule has 0 spiro atoms. The third kappa shape index (κ3) is 5.70. The van der Waals surface area contributed by atoms with Crippen LogP contribution in [0.15, 0.2) is 24.3 Å². The average molecular weight is 297 g/mol. The third-order valence-electron chi connectivity index (χ3n) is 2.30. The molecule has 7 nitrogen and oxygen atoms in total. The Morgan fingerprint density at radius 2 is 1.76 bits per heavy atom. The van der Waals surface area contributed by atoms with Gasteiger partial charge in [0.25, 0.3) is 0 Å². The zero-order chi connectivity index (χ0) is 16.0. The number of ether oxygens (including phenoxy) is 2. The fraction of sp³-hybridized carbons (Fsp3) is 0.429. The largest absolute Gasteiger partial charge is 0.497 e. The summed E-state index contributed by atoms with van der Waals surface area (Å²) < 4.78 is 9.94. The highest BCUT2D eigenvalue weighted by Gasteiger charge is 2.24. The lowest BCUT2D eigenvalue weighted by atomic mass is 10.1. The van der Waals surface area contributed by atoms with Crippen LogP contribution in [0.25, 0.3) is 0 Å². The quantitative estimate of drug-likeness (QED) is 0.810. The Kier molecular flexibility index (Phi) is 5.54. The van der Waals surface area contributed by atoms with Crippen molar-refractivity contribution in [2.45, 2.75) is 32.5 Å². The minimum atomic E-state index is -1.34. The lowest BCUT2D eigenvalue weighted by molar-refractivity contribution is -0.155. The molecule has 0 saturated carbocycles. The topological polar surface area (TPSA) is 94.1 Å². The van der Waals surface area contributed by atoms with Crippen LogP contribution in [0.2, 0.25) is 0 Å². The van der Waals surface area contributed by atoms with E-state index in [1.54, 1.807) is 32.9 Å². The van der Waals surface area contributed by atoms with Crippen LogP contribution in [-0.2, 0) is 14.4 Å². The number of carbonyl (C=O) groups excluding carboxylic acids is 1. The molecule has 0 aliphatic heterocycles. The van der Waals surface area contributed by atoms with E-state index < -0.39 is 23.8 Å². The molecular weight excluding hydrogens is 278 g/mol. The normalized spacial score (nSPS) is 12.4. The molecule has 2 N–H and O–H groups in total. The smallest absolute Gasteiger partial charge is 0.431 e. The van der Waals surface area contributed by atoms with E-state index in [4.69, 9.17) is 19.4 Å². The molecule has 0 aromatic heterocycles.